The highest BCUT2D eigenvalue weighted by molar-refractivity contribution is 6.31. The number of rotatable bonds is 3. The van der Waals surface area contributed by atoms with Crippen LogP contribution in [-0.2, 0) is 0 Å². The van der Waals surface area contributed by atoms with Crippen molar-refractivity contribution in [1.82, 2.24) is 0 Å². The van der Waals surface area contributed by atoms with Crippen LogP contribution in [0.2, 0.25) is 5.02 Å². The second kappa shape index (κ2) is 5.71. The molecule has 0 spiro atoms. The molecule has 0 radical (unpaired) electrons. The van der Waals surface area contributed by atoms with Gasteiger partial charge in [-0.25, -0.2) is 4.39 Å². The first-order valence-corrected chi connectivity index (χ1v) is 6.05. The average Bonchev–Trinajstić information content (AvgIpc) is 2.39. The van der Waals surface area contributed by atoms with Crippen molar-refractivity contribution in [1.29, 1.82) is 0 Å². The minimum absolute atomic E-state index is 0.319. The molecule has 0 heterocycles. The van der Waals surface area contributed by atoms with Crippen molar-refractivity contribution in [3.63, 3.8) is 0 Å². The van der Waals surface area contributed by atoms with Gasteiger partial charge in [0.2, 0.25) is 0 Å². The summed E-state index contributed by atoms with van der Waals surface area (Å²) < 4.78 is 13.0. The molecule has 0 unspecified atom stereocenters. The lowest BCUT2D eigenvalue weighted by Gasteiger charge is -2.07. The third kappa shape index (κ3) is 3.45. The van der Waals surface area contributed by atoms with Crippen molar-refractivity contribution in [2.24, 2.45) is 5.10 Å². The number of nitrogens with zero attached hydrogens (tertiary/aromatic N) is 1. The van der Waals surface area contributed by atoms with Crippen LogP contribution in [0.5, 0.6) is 0 Å². The van der Waals surface area contributed by atoms with Crippen molar-refractivity contribution in [3.05, 3.63) is 58.9 Å². The summed E-state index contributed by atoms with van der Waals surface area (Å²) >= 11 is 5.92. The molecule has 2 rings (SSSR count). The van der Waals surface area contributed by atoms with E-state index >= 15 is 0 Å². The van der Waals surface area contributed by atoms with Crippen molar-refractivity contribution in [2.45, 2.75) is 6.92 Å². The summed E-state index contributed by atoms with van der Waals surface area (Å²) in [4.78, 5) is 0. The van der Waals surface area contributed by atoms with E-state index in [9.17, 15) is 4.39 Å². The zero-order valence-electron chi connectivity index (χ0n) is 10.3. The van der Waals surface area contributed by atoms with E-state index < -0.39 is 0 Å². The van der Waals surface area contributed by atoms with Gasteiger partial charge in [0, 0.05) is 16.3 Å². The fourth-order valence-electron chi connectivity index (χ4n) is 1.61. The fraction of sp³-hybridized carbons (Fsp3) is 0.0714. The van der Waals surface area contributed by atoms with Gasteiger partial charge < -0.3 is 5.73 Å². The number of benzene rings is 2. The number of nitrogens with two attached hydrogens (primary N) is 1. The average molecular weight is 278 g/mol. The van der Waals surface area contributed by atoms with Gasteiger partial charge in [-0.1, -0.05) is 17.7 Å². The highest BCUT2D eigenvalue weighted by atomic mass is 35.5. The molecule has 3 N–H and O–H groups in total. The first kappa shape index (κ1) is 13.4. The van der Waals surface area contributed by atoms with Crippen LogP contribution in [0.25, 0.3) is 0 Å². The second-order valence-electron chi connectivity index (χ2n) is 4.05. The van der Waals surface area contributed by atoms with Gasteiger partial charge >= 0.3 is 0 Å². The lowest BCUT2D eigenvalue weighted by Crippen LogP contribution is -2.03. The Bertz CT molecular complexity index is 626. The molecular formula is C14H13ClFN3. The first-order valence-electron chi connectivity index (χ1n) is 5.67. The van der Waals surface area contributed by atoms with Gasteiger partial charge in [-0.2, -0.15) is 5.10 Å². The number of nitrogens with one attached hydrogen (secondary N) is 1. The van der Waals surface area contributed by atoms with Gasteiger partial charge in [-0.15, -0.1) is 0 Å². The molecule has 0 aliphatic heterocycles. The molecule has 0 amide bonds. The summed E-state index contributed by atoms with van der Waals surface area (Å²) in [6.45, 7) is 1.80. The van der Waals surface area contributed by atoms with Crippen LogP contribution in [-0.4, -0.2) is 5.71 Å². The SMILES string of the molecule is C/C(=N\Nc1cccc(F)c1)c1cc(Cl)ccc1N. The molecule has 0 bridgehead atoms. The Morgan fingerprint density at radius 3 is 2.79 bits per heavy atom. The summed E-state index contributed by atoms with van der Waals surface area (Å²) in [6, 6.07) is 11.2. The zero-order valence-corrected chi connectivity index (χ0v) is 11.1. The number of halogens is 2. The second-order valence-corrected chi connectivity index (χ2v) is 4.49. The molecule has 0 fully saturated rings. The maximum atomic E-state index is 13.0. The lowest BCUT2D eigenvalue weighted by molar-refractivity contribution is 0.628. The van der Waals surface area contributed by atoms with Crippen LogP contribution in [0, 0.1) is 5.82 Å². The predicted octanol–water partition coefficient (Wildman–Crippen LogP) is 3.90. The predicted molar refractivity (Wildman–Crippen MR) is 78.1 cm³/mol. The molecule has 0 aromatic heterocycles. The molecule has 0 saturated heterocycles. The molecule has 0 saturated carbocycles. The van der Waals surface area contributed by atoms with Crippen molar-refractivity contribution in [3.8, 4) is 0 Å². The minimum Gasteiger partial charge on any atom is -0.398 e. The highest BCUT2D eigenvalue weighted by Crippen LogP contribution is 2.19. The van der Waals surface area contributed by atoms with E-state index in [1.54, 1.807) is 37.3 Å². The molecular weight excluding hydrogens is 265 g/mol. The molecule has 3 nitrogen and oxygen atoms in total. The van der Waals surface area contributed by atoms with Crippen LogP contribution < -0.4 is 11.2 Å². The Morgan fingerprint density at radius 2 is 2.05 bits per heavy atom. The summed E-state index contributed by atoms with van der Waals surface area (Å²) in [6.07, 6.45) is 0. The van der Waals surface area contributed by atoms with E-state index in [-0.39, 0.29) is 5.82 Å². The third-order valence-corrected chi connectivity index (χ3v) is 2.82. The first-order chi connectivity index (χ1) is 9.06. The van der Waals surface area contributed by atoms with E-state index in [0.29, 0.717) is 22.1 Å². The fourth-order valence-corrected chi connectivity index (χ4v) is 1.78. The van der Waals surface area contributed by atoms with Crippen LogP contribution in [0.4, 0.5) is 15.8 Å². The summed E-state index contributed by atoms with van der Waals surface area (Å²) in [7, 11) is 0. The van der Waals surface area contributed by atoms with Gasteiger partial charge in [0.15, 0.2) is 0 Å². The Hall–Kier alpha value is -2.07. The normalized spacial score (nSPS) is 11.4. The summed E-state index contributed by atoms with van der Waals surface area (Å²) in [5.74, 6) is -0.319. The lowest BCUT2D eigenvalue weighted by atomic mass is 10.1. The van der Waals surface area contributed by atoms with Gasteiger partial charge in [0.1, 0.15) is 5.82 Å². The summed E-state index contributed by atoms with van der Waals surface area (Å²) in [5.41, 5.74) is 11.2. The maximum absolute atomic E-state index is 13.0. The van der Waals surface area contributed by atoms with E-state index in [2.05, 4.69) is 10.5 Å². The van der Waals surface area contributed by atoms with Crippen molar-refractivity contribution >= 4 is 28.7 Å². The smallest absolute Gasteiger partial charge is 0.125 e. The Kier molecular flexibility index (Phi) is 4.02. The van der Waals surface area contributed by atoms with Gasteiger partial charge in [-0.3, -0.25) is 5.43 Å². The molecule has 19 heavy (non-hydrogen) atoms. The Balaban J connectivity index is 2.21. The third-order valence-electron chi connectivity index (χ3n) is 2.58. The van der Waals surface area contributed by atoms with Crippen LogP contribution >= 0.6 is 11.6 Å². The molecule has 0 atom stereocenters. The number of anilines is 2. The van der Waals surface area contributed by atoms with E-state index in [1.807, 2.05) is 0 Å². The molecule has 0 aliphatic carbocycles. The van der Waals surface area contributed by atoms with Crippen LogP contribution in [0.1, 0.15) is 12.5 Å². The van der Waals surface area contributed by atoms with Crippen molar-refractivity contribution < 1.29 is 4.39 Å². The number of hydrogen-bond donors (Lipinski definition) is 2. The standard InChI is InChI=1S/C14H13ClFN3/c1-9(13-7-10(15)5-6-14(13)17)18-19-12-4-2-3-11(16)8-12/h2-8,19H,17H2,1H3/b18-9+. The summed E-state index contributed by atoms with van der Waals surface area (Å²) in [5, 5.41) is 4.76. The van der Waals surface area contributed by atoms with Gasteiger partial charge in [0.25, 0.3) is 0 Å². The van der Waals surface area contributed by atoms with Crippen LogP contribution in [0.15, 0.2) is 47.6 Å². The van der Waals surface area contributed by atoms with Crippen LogP contribution in [0.3, 0.4) is 0 Å². The van der Waals surface area contributed by atoms with E-state index in [0.717, 1.165) is 5.56 Å². The highest BCUT2D eigenvalue weighted by Gasteiger charge is 2.04. The largest absolute Gasteiger partial charge is 0.398 e. The number of hydrogen-bond acceptors (Lipinski definition) is 3. The zero-order chi connectivity index (χ0) is 13.8. The molecule has 5 heteroatoms. The van der Waals surface area contributed by atoms with E-state index in [4.69, 9.17) is 17.3 Å². The molecule has 0 aliphatic rings. The minimum atomic E-state index is -0.319. The van der Waals surface area contributed by atoms with Gasteiger partial charge in [0.05, 0.1) is 11.4 Å². The Morgan fingerprint density at radius 1 is 1.26 bits per heavy atom. The number of hydrazone groups is 1. The van der Waals surface area contributed by atoms with E-state index in [1.165, 1.54) is 12.1 Å². The maximum Gasteiger partial charge on any atom is 0.125 e. The quantitative estimate of drug-likeness (QED) is 0.508. The van der Waals surface area contributed by atoms with Gasteiger partial charge in [-0.05, 0) is 43.3 Å². The van der Waals surface area contributed by atoms with Crippen molar-refractivity contribution in [2.75, 3.05) is 11.2 Å². The molecule has 2 aromatic rings. The number of nitrogen functional groups attached to an aromatic ring is 1. The molecule has 2 aromatic carbocycles. The molecule has 98 valence electrons. The monoisotopic (exact) mass is 277 g/mol. The Labute approximate surface area is 115 Å². The topological polar surface area (TPSA) is 50.4 Å².